The van der Waals surface area contributed by atoms with Crippen molar-refractivity contribution in [1.29, 1.82) is 0 Å². The molecule has 0 fully saturated rings. The summed E-state index contributed by atoms with van der Waals surface area (Å²) in [5.74, 6) is 1.18. The van der Waals surface area contributed by atoms with Gasteiger partial charge in [0.25, 0.3) is 0 Å². The topological polar surface area (TPSA) is 53.1 Å². The van der Waals surface area contributed by atoms with Crippen molar-refractivity contribution in [3.05, 3.63) is 103 Å². The van der Waals surface area contributed by atoms with E-state index in [9.17, 15) is 0 Å². The van der Waals surface area contributed by atoms with Gasteiger partial charge < -0.3 is 9.15 Å². The summed E-state index contributed by atoms with van der Waals surface area (Å²) < 4.78 is 13.9. The van der Waals surface area contributed by atoms with Crippen LogP contribution in [0.1, 0.15) is 0 Å². The van der Waals surface area contributed by atoms with Gasteiger partial charge in [0.05, 0.1) is 0 Å². The van der Waals surface area contributed by atoms with Crippen LogP contribution in [-0.4, -0.2) is 14.8 Å². The number of benzene rings is 4. The standard InChI is InChI=1S/C28H15N3O2.Pt/c1-2-8-26-23(7-1)25-15-19-10-9-18-11-12-22(17-24(18)27(19)30-28(25)33-26)32-21-6-3-5-20(16-21)31-14-4-13-29-31;/h1-15H;/q-2;+2. The van der Waals surface area contributed by atoms with Crippen LogP contribution >= 0.6 is 0 Å². The van der Waals surface area contributed by atoms with Crippen molar-refractivity contribution >= 4 is 43.7 Å². The van der Waals surface area contributed by atoms with E-state index in [1.54, 1.807) is 10.9 Å². The van der Waals surface area contributed by atoms with Crippen molar-refractivity contribution in [3.63, 3.8) is 0 Å². The molecule has 3 aromatic heterocycles. The predicted molar refractivity (Wildman–Crippen MR) is 128 cm³/mol. The molecule has 0 bridgehead atoms. The predicted octanol–water partition coefficient (Wildman–Crippen LogP) is 6.86. The molecule has 0 spiro atoms. The number of rotatable bonds is 3. The first-order valence-electron chi connectivity index (χ1n) is 10.6. The van der Waals surface area contributed by atoms with Gasteiger partial charge in [-0.05, 0) is 34.8 Å². The maximum Gasteiger partial charge on any atom is 2.00 e. The van der Waals surface area contributed by atoms with Crippen LogP contribution in [0.2, 0.25) is 0 Å². The average Bonchev–Trinajstić information content (AvgIpc) is 3.51. The van der Waals surface area contributed by atoms with Crippen LogP contribution in [0.5, 0.6) is 11.5 Å². The Hall–Kier alpha value is -3.95. The summed E-state index contributed by atoms with van der Waals surface area (Å²) in [6.45, 7) is 0. The zero-order valence-electron chi connectivity index (χ0n) is 17.6. The van der Waals surface area contributed by atoms with Crippen molar-refractivity contribution in [3.8, 4) is 17.2 Å². The summed E-state index contributed by atoms with van der Waals surface area (Å²) in [5.41, 5.74) is 3.09. The summed E-state index contributed by atoms with van der Waals surface area (Å²) in [7, 11) is 0. The third kappa shape index (κ3) is 3.37. The van der Waals surface area contributed by atoms with Crippen molar-refractivity contribution in [2.75, 3.05) is 0 Å². The molecule has 0 unspecified atom stereocenters. The second-order valence-electron chi connectivity index (χ2n) is 7.82. The number of aromatic nitrogens is 3. The van der Waals surface area contributed by atoms with E-state index in [2.05, 4.69) is 41.5 Å². The van der Waals surface area contributed by atoms with Crippen molar-refractivity contribution in [2.45, 2.75) is 0 Å². The molecule has 0 aliphatic heterocycles. The molecule has 164 valence electrons. The number of fused-ring (bicyclic) bond motifs is 6. The van der Waals surface area contributed by atoms with E-state index >= 15 is 0 Å². The molecule has 0 saturated carbocycles. The molecule has 0 amide bonds. The van der Waals surface area contributed by atoms with E-state index in [-0.39, 0.29) is 21.1 Å². The molecule has 3 heterocycles. The number of nitrogens with zero attached hydrogens (tertiary/aromatic N) is 3. The molecule has 0 N–H and O–H groups in total. The number of pyridine rings is 1. The zero-order chi connectivity index (χ0) is 21.8. The Bertz CT molecular complexity index is 1810. The van der Waals surface area contributed by atoms with Gasteiger partial charge in [-0.3, -0.25) is 9.67 Å². The molecule has 0 saturated heterocycles. The van der Waals surface area contributed by atoms with Crippen LogP contribution in [0.3, 0.4) is 0 Å². The molecule has 4 aromatic carbocycles. The zero-order valence-corrected chi connectivity index (χ0v) is 19.9. The molecule has 0 aliphatic carbocycles. The fraction of sp³-hybridized carbons (Fsp3) is 0. The van der Waals surface area contributed by atoms with Gasteiger partial charge in [-0.25, -0.2) is 0 Å². The van der Waals surface area contributed by atoms with Gasteiger partial charge in [0.15, 0.2) is 0 Å². The Morgan fingerprint density at radius 2 is 1.65 bits per heavy atom. The normalized spacial score (nSPS) is 11.3. The Morgan fingerprint density at radius 3 is 2.56 bits per heavy atom. The number of para-hydroxylation sites is 1. The minimum atomic E-state index is 0. The fourth-order valence-corrected chi connectivity index (χ4v) is 4.21. The first kappa shape index (κ1) is 20.6. The molecule has 7 aromatic rings. The van der Waals surface area contributed by atoms with Crippen molar-refractivity contribution in [1.82, 2.24) is 14.8 Å². The molecule has 0 radical (unpaired) electrons. The average molecular weight is 621 g/mol. The second-order valence-corrected chi connectivity index (χ2v) is 7.82. The van der Waals surface area contributed by atoms with Gasteiger partial charge in [-0.2, -0.15) is 11.2 Å². The minimum absolute atomic E-state index is 0. The Labute approximate surface area is 208 Å². The van der Waals surface area contributed by atoms with Gasteiger partial charge in [0.2, 0.25) is 5.71 Å². The van der Waals surface area contributed by atoms with E-state index in [1.165, 1.54) is 0 Å². The van der Waals surface area contributed by atoms with Gasteiger partial charge in [-0.1, -0.05) is 36.4 Å². The molecule has 0 aliphatic rings. The summed E-state index contributed by atoms with van der Waals surface area (Å²) >= 11 is 0. The first-order chi connectivity index (χ1) is 16.3. The van der Waals surface area contributed by atoms with E-state index in [4.69, 9.17) is 14.1 Å². The van der Waals surface area contributed by atoms with Gasteiger partial charge in [0, 0.05) is 34.7 Å². The third-order valence-electron chi connectivity index (χ3n) is 5.76. The Balaban J connectivity index is 0.00000217. The monoisotopic (exact) mass is 620 g/mol. The van der Waals surface area contributed by atoms with E-state index in [0.717, 1.165) is 43.7 Å². The molecular formula is C28H15N3O2Pt. The molecule has 0 atom stereocenters. The summed E-state index contributed by atoms with van der Waals surface area (Å²) in [5, 5.41) is 9.28. The largest absolute Gasteiger partial charge is 2.00 e. The van der Waals surface area contributed by atoms with Crippen LogP contribution in [0.15, 0.2) is 95.7 Å². The second kappa shape index (κ2) is 8.12. The van der Waals surface area contributed by atoms with Gasteiger partial charge >= 0.3 is 21.1 Å². The van der Waals surface area contributed by atoms with Crippen LogP contribution in [0, 0.1) is 12.1 Å². The smallest absolute Gasteiger partial charge is 0.503 e. The van der Waals surface area contributed by atoms with Gasteiger partial charge in [-0.15, -0.1) is 41.1 Å². The fourth-order valence-electron chi connectivity index (χ4n) is 4.21. The molecule has 7 rings (SSSR count). The van der Waals surface area contributed by atoms with Crippen molar-refractivity contribution < 1.29 is 30.2 Å². The van der Waals surface area contributed by atoms with Crippen LogP contribution < -0.4 is 4.74 Å². The third-order valence-corrected chi connectivity index (χ3v) is 5.76. The van der Waals surface area contributed by atoms with Crippen LogP contribution in [0.4, 0.5) is 0 Å². The minimum Gasteiger partial charge on any atom is -0.503 e. The Kier molecular flexibility index (Phi) is 4.93. The molecule has 34 heavy (non-hydrogen) atoms. The number of hydrogen-bond donors (Lipinski definition) is 0. The maximum atomic E-state index is 6.11. The molecule has 6 heteroatoms. The SMILES string of the molecule is [Pt+2].[c-]1c(Oc2[c-]c3c(cc2)ccc2cc4c(nc23)oc2ccccc24)cccc1-n1cccn1. The number of furan rings is 1. The maximum absolute atomic E-state index is 6.11. The van der Waals surface area contributed by atoms with E-state index in [0.29, 0.717) is 17.2 Å². The van der Waals surface area contributed by atoms with E-state index in [1.807, 2.05) is 60.8 Å². The first-order valence-corrected chi connectivity index (χ1v) is 10.6. The Morgan fingerprint density at radius 1 is 0.794 bits per heavy atom. The summed E-state index contributed by atoms with van der Waals surface area (Å²) in [4.78, 5) is 4.87. The van der Waals surface area contributed by atoms with Crippen molar-refractivity contribution in [2.24, 2.45) is 0 Å². The number of hydrogen-bond acceptors (Lipinski definition) is 4. The molecule has 5 nitrogen and oxygen atoms in total. The summed E-state index contributed by atoms with van der Waals surface area (Å²) in [6.07, 6.45) is 3.60. The van der Waals surface area contributed by atoms with E-state index < -0.39 is 0 Å². The quantitative estimate of drug-likeness (QED) is 0.160. The number of ether oxygens (including phenoxy) is 1. The molecular weight excluding hydrogens is 605 g/mol. The van der Waals surface area contributed by atoms with Gasteiger partial charge in [0.1, 0.15) is 5.58 Å². The van der Waals surface area contributed by atoms with Crippen LogP contribution in [0.25, 0.3) is 49.4 Å². The van der Waals surface area contributed by atoms with Crippen LogP contribution in [-0.2, 0) is 21.1 Å². The summed E-state index contributed by atoms with van der Waals surface area (Å²) in [6, 6.07) is 32.5.